The smallest absolute Gasteiger partial charge is 0.351 e. The summed E-state index contributed by atoms with van der Waals surface area (Å²) in [7, 11) is 1.68. The van der Waals surface area contributed by atoms with Crippen LogP contribution in [0.2, 0.25) is 0 Å². The SMILES string of the molecule is CC1CCC(Nc2ncc(C(F)(F)F)c(-c3c[nH]c4nc(-c5nnnn5C)ccc34)n2)CC1. The standard InChI is InChI=1S/C21H22F3N9/c1-11-3-5-12(6-4-11)27-20-26-10-15(21(22,23)24)17(29-20)14-9-25-18-13(14)7-8-16(28-18)19-30-31-32-33(19)2/h7-12H,3-6H2,1-2H3,(H,25,28)(H,26,27,29). The summed E-state index contributed by atoms with van der Waals surface area (Å²) < 4.78 is 42.9. The molecule has 1 saturated carbocycles. The van der Waals surface area contributed by atoms with Crippen molar-refractivity contribution in [3.8, 4) is 22.8 Å². The highest BCUT2D eigenvalue weighted by atomic mass is 19.4. The fraction of sp³-hybridized carbons (Fsp3) is 0.429. The molecule has 4 heterocycles. The minimum atomic E-state index is -4.60. The van der Waals surface area contributed by atoms with Gasteiger partial charge in [-0.3, -0.25) is 0 Å². The molecule has 0 aliphatic heterocycles. The van der Waals surface area contributed by atoms with Crippen LogP contribution in [0.1, 0.15) is 38.2 Å². The Balaban J connectivity index is 1.54. The van der Waals surface area contributed by atoms with Crippen LogP contribution in [0.4, 0.5) is 19.1 Å². The van der Waals surface area contributed by atoms with E-state index >= 15 is 0 Å². The zero-order chi connectivity index (χ0) is 23.2. The van der Waals surface area contributed by atoms with Gasteiger partial charge in [-0.1, -0.05) is 6.92 Å². The van der Waals surface area contributed by atoms with E-state index in [1.807, 2.05) is 0 Å². The van der Waals surface area contributed by atoms with Gasteiger partial charge in [0.25, 0.3) is 0 Å². The summed E-state index contributed by atoms with van der Waals surface area (Å²) in [5.74, 6) is 1.30. The number of tetrazole rings is 1. The molecule has 0 saturated heterocycles. The van der Waals surface area contributed by atoms with Crippen molar-refractivity contribution < 1.29 is 13.2 Å². The molecule has 4 aromatic rings. The number of fused-ring (bicyclic) bond motifs is 1. The van der Waals surface area contributed by atoms with Crippen LogP contribution in [0.25, 0.3) is 33.8 Å². The Morgan fingerprint density at radius 1 is 1.12 bits per heavy atom. The number of H-pyrrole nitrogens is 1. The monoisotopic (exact) mass is 457 g/mol. The Kier molecular flexibility index (Phi) is 5.22. The summed E-state index contributed by atoms with van der Waals surface area (Å²) in [4.78, 5) is 15.7. The Hall–Kier alpha value is -3.57. The number of rotatable bonds is 4. The Bertz CT molecular complexity index is 1290. The summed E-state index contributed by atoms with van der Waals surface area (Å²) in [6, 6.07) is 3.51. The number of aryl methyl sites for hydroxylation is 1. The van der Waals surface area contributed by atoms with E-state index in [0.717, 1.165) is 31.9 Å². The van der Waals surface area contributed by atoms with E-state index in [2.05, 4.69) is 47.7 Å². The maximum Gasteiger partial charge on any atom is 0.419 e. The number of aromatic amines is 1. The van der Waals surface area contributed by atoms with Gasteiger partial charge in [-0.15, -0.1) is 5.10 Å². The Morgan fingerprint density at radius 2 is 1.91 bits per heavy atom. The molecule has 33 heavy (non-hydrogen) atoms. The van der Waals surface area contributed by atoms with Crippen LogP contribution in [0, 0.1) is 5.92 Å². The topological polar surface area (TPSA) is 110 Å². The first-order valence-corrected chi connectivity index (χ1v) is 10.7. The third-order valence-corrected chi connectivity index (χ3v) is 6.09. The van der Waals surface area contributed by atoms with Crippen LogP contribution in [-0.2, 0) is 13.2 Å². The predicted octanol–water partition coefficient (Wildman–Crippen LogP) is 4.22. The van der Waals surface area contributed by atoms with Crippen molar-refractivity contribution >= 4 is 17.0 Å². The molecule has 1 aliphatic carbocycles. The highest BCUT2D eigenvalue weighted by Crippen LogP contribution is 2.39. The Labute approximate surface area is 186 Å². The average molecular weight is 457 g/mol. The lowest BCUT2D eigenvalue weighted by Gasteiger charge is -2.27. The van der Waals surface area contributed by atoms with Crippen molar-refractivity contribution in [2.24, 2.45) is 13.0 Å². The van der Waals surface area contributed by atoms with Gasteiger partial charge in [-0.2, -0.15) is 13.2 Å². The van der Waals surface area contributed by atoms with E-state index in [0.29, 0.717) is 34.0 Å². The predicted molar refractivity (Wildman–Crippen MR) is 115 cm³/mol. The first-order valence-electron chi connectivity index (χ1n) is 10.7. The van der Waals surface area contributed by atoms with Gasteiger partial charge < -0.3 is 10.3 Å². The number of nitrogens with zero attached hydrogens (tertiary/aromatic N) is 7. The van der Waals surface area contributed by atoms with Gasteiger partial charge in [-0.25, -0.2) is 19.6 Å². The summed E-state index contributed by atoms with van der Waals surface area (Å²) in [5, 5.41) is 15.0. The molecule has 0 atom stereocenters. The van der Waals surface area contributed by atoms with Gasteiger partial charge in [0.2, 0.25) is 5.95 Å². The number of hydrogen-bond acceptors (Lipinski definition) is 7. The fourth-order valence-corrected chi connectivity index (χ4v) is 4.22. The van der Waals surface area contributed by atoms with E-state index in [1.54, 1.807) is 19.2 Å². The Morgan fingerprint density at radius 3 is 2.61 bits per heavy atom. The zero-order valence-corrected chi connectivity index (χ0v) is 18.1. The summed E-state index contributed by atoms with van der Waals surface area (Å²) >= 11 is 0. The molecule has 0 bridgehead atoms. The first kappa shape index (κ1) is 21.3. The lowest BCUT2D eigenvalue weighted by atomic mass is 9.87. The van der Waals surface area contributed by atoms with Crippen LogP contribution in [0.15, 0.2) is 24.5 Å². The molecule has 1 aliphatic rings. The number of pyridine rings is 1. The molecule has 0 unspecified atom stereocenters. The van der Waals surface area contributed by atoms with Crippen molar-refractivity contribution in [1.29, 1.82) is 0 Å². The van der Waals surface area contributed by atoms with E-state index in [9.17, 15) is 13.2 Å². The van der Waals surface area contributed by atoms with Crippen molar-refractivity contribution in [2.75, 3.05) is 5.32 Å². The fourth-order valence-electron chi connectivity index (χ4n) is 4.22. The second kappa shape index (κ2) is 8.09. The molecule has 1 fully saturated rings. The molecule has 5 rings (SSSR count). The van der Waals surface area contributed by atoms with Gasteiger partial charge in [0.1, 0.15) is 16.9 Å². The molecule has 172 valence electrons. The number of halogens is 3. The van der Waals surface area contributed by atoms with Crippen LogP contribution < -0.4 is 5.32 Å². The van der Waals surface area contributed by atoms with Crippen molar-refractivity contribution in [3.63, 3.8) is 0 Å². The van der Waals surface area contributed by atoms with Crippen LogP contribution >= 0.6 is 0 Å². The third-order valence-electron chi connectivity index (χ3n) is 6.09. The van der Waals surface area contributed by atoms with Gasteiger partial charge in [0, 0.05) is 36.4 Å². The number of anilines is 1. The van der Waals surface area contributed by atoms with Gasteiger partial charge in [0.15, 0.2) is 5.82 Å². The van der Waals surface area contributed by atoms with E-state index in [1.165, 1.54) is 10.9 Å². The number of alkyl halides is 3. The molecule has 0 spiro atoms. The number of aromatic nitrogens is 8. The minimum Gasteiger partial charge on any atom is -0.351 e. The van der Waals surface area contributed by atoms with Crippen molar-refractivity contribution in [2.45, 2.75) is 44.8 Å². The maximum absolute atomic E-state index is 13.8. The second-order valence-corrected chi connectivity index (χ2v) is 8.48. The summed E-state index contributed by atoms with van der Waals surface area (Å²) in [6.07, 6.45) is 1.76. The van der Waals surface area contributed by atoms with Gasteiger partial charge in [-0.05, 0) is 54.2 Å². The molecule has 0 aromatic carbocycles. The van der Waals surface area contributed by atoms with Crippen molar-refractivity contribution in [1.82, 2.24) is 40.1 Å². The highest BCUT2D eigenvalue weighted by molar-refractivity contribution is 5.94. The van der Waals surface area contributed by atoms with E-state index in [4.69, 9.17) is 0 Å². The highest BCUT2D eigenvalue weighted by Gasteiger charge is 2.36. The zero-order valence-electron chi connectivity index (χ0n) is 18.1. The third kappa shape index (κ3) is 4.12. The van der Waals surface area contributed by atoms with Crippen LogP contribution in [0.5, 0.6) is 0 Å². The largest absolute Gasteiger partial charge is 0.419 e. The van der Waals surface area contributed by atoms with Crippen LogP contribution in [-0.4, -0.2) is 46.2 Å². The molecule has 0 radical (unpaired) electrons. The minimum absolute atomic E-state index is 0.151. The molecular formula is C21H22F3N9. The van der Waals surface area contributed by atoms with Crippen molar-refractivity contribution in [3.05, 3.63) is 30.1 Å². The maximum atomic E-state index is 13.8. The molecular weight excluding hydrogens is 435 g/mol. The molecule has 4 aromatic heterocycles. The van der Waals surface area contributed by atoms with Gasteiger partial charge >= 0.3 is 6.18 Å². The molecule has 9 nitrogen and oxygen atoms in total. The molecule has 0 amide bonds. The average Bonchev–Trinajstić information content (AvgIpc) is 3.40. The molecule has 12 heteroatoms. The normalized spacial score (nSPS) is 19.2. The van der Waals surface area contributed by atoms with Gasteiger partial charge in [0.05, 0.1) is 5.69 Å². The quantitative estimate of drug-likeness (QED) is 0.472. The van der Waals surface area contributed by atoms with Crippen LogP contribution in [0.3, 0.4) is 0 Å². The summed E-state index contributed by atoms with van der Waals surface area (Å²) in [6.45, 7) is 2.21. The lowest BCUT2D eigenvalue weighted by Crippen LogP contribution is -2.26. The van der Waals surface area contributed by atoms with E-state index < -0.39 is 11.7 Å². The lowest BCUT2D eigenvalue weighted by molar-refractivity contribution is -0.137. The number of nitrogens with one attached hydrogen (secondary N) is 2. The summed E-state index contributed by atoms with van der Waals surface area (Å²) in [5.41, 5.74) is 0.123. The number of hydrogen-bond donors (Lipinski definition) is 2. The second-order valence-electron chi connectivity index (χ2n) is 8.48. The molecule has 2 N–H and O–H groups in total. The first-order chi connectivity index (χ1) is 15.8. The van der Waals surface area contributed by atoms with E-state index in [-0.39, 0.29) is 17.7 Å².